The van der Waals surface area contributed by atoms with Crippen LogP contribution in [-0.2, 0) is 0 Å². The quantitative estimate of drug-likeness (QED) is 0.649. The highest BCUT2D eigenvalue weighted by atomic mass is 32.1. The molecule has 5 heteroatoms. The zero-order valence-electron chi connectivity index (χ0n) is 9.31. The van der Waals surface area contributed by atoms with Crippen LogP contribution in [0.2, 0.25) is 0 Å². The first-order chi connectivity index (χ1) is 8.26. The third-order valence-electron chi connectivity index (χ3n) is 2.55. The second-order valence-electron chi connectivity index (χ2n) is 3.55. The Hall–Kier alpha value is -1.43. The van der Waals surface area contributed by atoms with Crippen LogP contribution in [0.5, 0.6) is 5.75 Å². The first kappa shape index (κ1) is 12.0. The first-order valence-electron chi connectivity index (χ1n) is 5.08. The van der Waals surface area contributed by atoms with Crippen molar-refractivity contribution in [3.05, 3.63) is 52.0 Å². The lowest BCUT2D eigenvalue weighted by molar-refractivity contribution is 0.385. The van der Waals surface area contributed by atoms with Crippen molar-refractivity contribution in [2.75, 3.05) is 7.11 Å². The number of rotatable bonds is 4. The number of benzene rings is 1. The highest BCUT2D eigenvalue weighted by molar-refractivity contribution is 7.08. The van der Waals surface area contributed by atoms with Crippen LogP contribution in [0.25, 0.3) is 0 Å². The summed E-state index contributed by atoms with van der Waals surface area (Å²) in [5, 5.41) is 3.97. The second-order valence-corrected chi connectivity index (χ2v) is 4.33. The minimum Gasteiger partial charge on any atom is -0.494 e. The molecule has 0 bridgehead atoms. The number of methoxy groups -OCH3 is 1. The second kappa shape index (κ2) is 5.27. The van der Waals surface area contributed by atoms with E-state index in [1.807, 2.05) is 16.8 Å². The number of nitrogens with two attached hydrogens (primary N) is 1. The third-order valence-corrected chi connectivity index (χ3v) is 3.25. The topological polar surface area (TPSA) is 47.3 Å². The molecule has 0 saturated heterocycles. The first-order valence-corrected chi connectivity index (χ1v) is 6.02. The standard InChI is InChI=1S/C12H13FN2OS/c1-16-11-6-8(2-3-10(11)13)12(15-14)9-4-5-17-7-9/h2-7,12,15H,14H2,1H3. The van der Waals surface area contributed by atoms with Gasteiger partial charge in [0, 0.05) is 0 Å². The fourth-order valence-corrected chi connectivity index (χ4v) is 2.37. The van der Waals surface area contributed by atoms with E-state index in [-0.39, 0.29) is 17.6 Å². The lowest BCUT2D eigenvalue weighted by Gasteiger charge is -2.16. The molecule has 0 fully saturated rings. The predicted octanol–water partition coefficient (Wildman–Crippen LogP) is 2.45. The van der Waals surface area contributed by atoms with Crippen LogP contribution in [-0.4, -0.2) is 7.11 Å². The smallest absolute Gasteiger partial charge is 0.165 e. The molecule has 1 aromatic carbocycles. The van der Waals surface area contributed by atoms with Crippen LogP contribution in [0.1, 0.15) is 17.2 Å². The summed E-state index contributed by atoms with van der Waals surface area (Å²) in [6.07, 6.45) is 0. The lowest BCUT2D eigenvalue weighted by atomic mass is 10.0. The zero-order chi connectivity index (χ0) is 12.3. The number of hydrazine groups is 1. The van der Waals surface area contributed by atoms with E-state index in [2.05, 4.69) is 5.43 Å². The SMILES string of the molecule is COc1cc(C(NN)c2ccsc2)ccc1F. The van der Waals surface area contributed by atoms with Gasteiger partial charge in [-0.15, -0.1) is 0 Å². The summed E-state index contributed by atoms with van der Waals surface area (Å²) in [7, 11) is 1.44. The molecule has 3 nitrogen and oxygen atoms in total. The van der Waals surface area contributed by atoms with Gasteiger partial charge in [0.2, 0.25) is 0 Å². The Bertz CT molecular complexity index is 487. The van der Waals surface area contributed by atoms with Crippen molar-refractivity contribution >= 4 is 11.3 Å². The number of hydrogen-bond donors (Lipinski definition) is 2. The van der Waals surface area contributed by atoms with E-state index >= 15 is 0 Å². The van der Waals surface area contributed by atoms with Gasteiger partial charge in [-0.05, 0) is 40.1 Å². The summed E-state index contributed by atoms with van der Waals surface area (Å²) in [6.45, 7) is 0. The largest absolute Gasteiger partial charge is 0.494 e. The van der Waals surface area contributed by atoms with Crippen molar-refractivity contribution in [2.45, 2.75) is 6.04 Å². The molecule has 0 saturated carbocycles. The van der Waals surface area contributed by atoms with Crippen molar-refractivity contribution in [1.82, 2.24) is 5.43 Å². The van der Waals surface area contributed by atoms with Crippen LogP contribution in [0.15, 0.2) is 35.0 Å². The fourth-order valence-electron chi connectivity index (χ4n) is 1.68. The lowest BCUT2D eigenvalue weighted by Crippen LogP contribution is -2.28. The Morgan fingerprint density at radius 3 is 2.76 bits per heavy atom. The molecule has 2 aromatic rings. The average molecular weight is 252 g/mol. The van der Waals surface area contributed by atoms with Gasteiger partial charge in [-0.1, -0.05) is 6.07 Å². The fraction of sp³-hybridized carbons (Fsp3) is 0.167. The number of nitrogens with one attached hydrogen (secondary N) is 1. The Morgan fingerprint density at radius 2 is 2.18 bits per heavy atom. The van der Waals surface area contributed by atoms with Crippen LogP contribution >= 0.6 is 11.3 Å². The molecule has 17 heavy (non-hydrogen) atoms. The highest BCUT2D eigenvalue weighted by Crippen LogP contribution is 2.27. The Labute approximate surface area is 103 Å². The van der Waals surface area contributed by atoms with Crippen LogP contribution in [0.3, 0.4) is 0 Å². The van der Waals surface area contributed by atoms with Crippen LogP contribution in [0, 0.1) is 5.82 Å². The summed E-state index contributed by atoms with van der Waals surface area (Å²) >= 11 is 1.59. The van der Waals surface area contributed by atoms with E-state index < -0.39 is 0 Å². The molecule has 1 heterocycles. The van der Waals surface area contributed by atoms with Crippen molar-refractivity contribution in [1.29, 1.82) is 0 Å². The Morgan fingerprint density at radius 1 is 1.35 bits per heavy atom. The Kier molecular flexibility index (Phi) is 3.73. The maximum atomic E-state index is 13.3. The summed E-state index contributed by atoms with van der Waals surface area (Å²) in [5.74, 6) is 5.39. The minimum atomic E-state index is -0.377. The van der Waals surface area contributed by atoms with Crippen LogP contribution < -0.4 is 16.0 Å². The summed E-state index contributed by atoms with van der Waals surface area (Å²) in [5.41, 5.74) is 4.63. The summed E-state index contributed by atoms with van der Waals surface area (Å²) in [4.78, 5) is 0. The number of hydrogen-bond acceptors (Lipinski definition) is 4. The third kappa shape index (κ3) is 2.46. The molecule has 0 aliphatic carbocycles. The van der Waals surface area contributed by atoms with Crippen molar-refractivity contribution in [3.63, 3.8) is 0 Å². The number of thiophene rings is 1. The monoisotopic (exact) mass is 252 g/mol. The zero-order valence-corrected chi connectivity index (χ0v) is 10.1. The van der Waals surface area contributed by atoms with Gasteiger partial charge in [-0.3, -0.25) is 5.84 Å². The molecular formula is C12H13FN2OS. The minimum absolute atomic E-state index is 0.157. The molecule has 2 rings (SSSR count). The van der Waals surface area contributed by atoms with E-state index in [9.17, 15) is 4.39 Å². The van der Waals surface area contributed by atoms with Gasteiger partial charge in [-0.2, -0.15) is 11.3 Å². The molecular weight excluding hydrogens is 239 g/mol. The summed E-state index contributed by atoms with van der Waals surface area (Å²) < 4.78 is 18.3. The van der Waals surface area contributed by atoms with Gasteiger partial charge in [0.1, 0.15) is 0 Å². The molecule has 90 valence electrons. The predicted molar refractivity (Wildman–Crippen MR) is 66.4 cm³/mol. The molecule has 1 aromatic heterocycles. The normalized spacial score (nSPS) is 12.4. The van der Waals surface area contributed by atoms with Gasteiger partial charge in [0.25, 0.3) is 0 Å². The molecule has 3 N–H and O–H groups in total. The molecule has 0 amide bonds. The van der Waals surface area contributed by atoms with Crippen molar-refractivity contribution < 1.29 is 9.13 Å². The number of halogens is 1. The number of ether oxygens (including phenoxy) is 1. The molecule has 0 radical (unpaired) electrons. The molecule has 0 aliphatic rings. The van der Waals surface area contributed by atoms with Gasteiger partial charge in [0.15, 0.2) is 11.6 Å². The van der Waals surface area contributed by atoms with E-state index in [1.54, 1.807) is 23.5 Å². The molecule has 1 unspecified atom stereocenters. The summed E-state index contributed by atoms with van der Waals surface area (Å²) in [6, 6.07) is 6.55. The van der Waals surface area contributed by atoms with Crippen LogP contribution in [0.4, 0.5) is 4.39 Å². The van der Waals surface area contributed by atoms with Gasteiger partial charge in [-0.25, -0.2) is 9.82 Å². The van der Waals surface area contributed by atoms with Crippen molar-refractivity contribution in [3.8, 4) is 5.75 Å². The van der Waals surface area contributed by atoms with Gasteiger partial charge < -0.3 is 4.74 Å². The average Bonchev–Trinajstić information content (AvgIpc) is 2.86. The van der Waals surface area contributed by atoms with Gasteiger partial charge in [0.05, 0.1) is 13.2 Å². The molecule has 1 atom stereocenters. The van der Waals surface area contributed by atoms with E-state index in [4.69, 9.17) is 10.6 Å². The Balaban J connectivity index is 2.38. The maximum absolute atomic E-state index is 13.3. The maximum Gasteiger partial charge on any atom is 0.165 e. The van der Waals surface area contributed by atoms with Gasteiger partial charge >= 0.3 is 0 Å². The van der Waals surface area contributed by atoms with E-state index in [0.29, 0.717) is 0 Å². The van der Waals surface area contributed by atoms with E-state index in [1.165, 1.54) is 13.2 Å². The molecule has 0 spiro atoms. The van der Waals surface area contributed by atoms with Crippen molar-refractivity contribution in [2.24, 2.45) is 5.84 Å². The molecule has 0 aliphatic heterocycles. The highest BCUT2D eigenvalue weighted by Gasteiger charge is 2.14. The van der Waals surface area contributed by atoms with E-state index in [0.717, 1.165) is 11.1 Å².